The number of carbonyl (C=O) groups excluding carboxylic acids is 2. The number of nitrogens with zero attached hydrogens (tertiary/aromatic N) is 1. The van der Waals surface area contributed by atoms with E-state index in [1.165, 1.54) is 23.1 Å². The molecule has 0 aromatic heterocycles. The maximum Gasteiger partial charge on any atom is 0.328 e. The summed E-state index contributed by atoms with van der Waals surface area (Å²) in [7, 11) is 0. The average Bonchev–Trinajstić information content (AvgIpc) is 2.47. The van der Waals surface area contributed by atoms with Crippen LogP contribution >= 0.6 is 11.6 Å². The first-order chi connectivity index (χ1) is 10.1. The first-order valence-corrected chi connectivity index (χ1v) is 7.35. The fourth-order valence-corrected chi connectivity index (χ4v) is 2.75. The van der Waals surface area contributed by atoms with Crippen molar-refractivity contribution in [2.75, 3.05) is 13.2 Å². The van der Waals surface area contributed by atoms with Gasteiger partial charge in [-0.2, -0.15) is 0 Å². The Balaban J connectivity index is 2.29. The quantitative estimate of drug-likeness (QED) is 0.806. The van der Waals surface area contributed by atoms with Crippen LogP contribution in [-0.4, -0.2) is 36.0 Å². The van der Waals surface area contributed by atoms with E-state index in [4.69, 9.17) is 16.3 Å². The summed E-state index contributed by atoms with van der Waals surface area (Å²) in [6.07, 6.45) is 2.13. The van der Waals surface area contributed by atoms with Crippen LogP contribution in [0.4, 0.5) is 4.39 Å². The van der Waals surface area contributed by atoms with Crippen molar-refractivity contribution < 1.29 is 18.7 Å². The normalized spacial score (nSPS) is 18.4. The van der Waals surface area contributed by atoms with E-state index in [9.17, 15) is 14.0 Å². The van der Waals surface area contributed by atoms with Gasteiger partial charge in [0, 0.05) is 6.54 Å². The van der Waals surface area contributed by atoms with Crippen LogP contribution < -0.4 is 0 Å². The summed E-state index contributed by atoms with van der Waals surface area (Å²) in [6.45, 7) is 2.35. The molecule has 0 saturated carbocycles. The van der Waals surface area contributed by atoms with E-state index in [2.05, 4.69) is 0 Å². The third-order valence-electron chi connectivity index (χ3n) is 3.50. The third kappa shape index (κ3) is 3.35. The minimum Gasteiger partial charge on any atom is -0.464 e. The topological polar surface area (TPSA) is 46.6 Å². The number of benzene rings is 1. The molecule has 1 atom stereocenters. The van der Waals surface area contributed by atoms with E-state index in [-0.39, 0.29) is 17.2 Å². The van der Waals surface area contributed by atoms with Crippen molar-refractivity contribution in [1.29, 1.82) is 0 Å². The fraction of sp³-hybridized carbons (Fsp3) is 0.467. The number of likely N-dealkylation sites (tertiary alicyclic amines) is 1. The molecule has 0 spiro atoms. The molecule has 1 fully saturated rings. The van der Waals surface area contributed by atoms with Crippen molar-refractivity contribution in [3.05, 3.63) is 34.6 Å². The van der Waals surface area contributed by atoms with Gasteiger partial charge in [-0.3, -0.25) is 4.79 Å². The van der Waals surface area contributed by atoms with Gasteiger partial charge in [-0.25, -0.2) is 9.18 Å². The number of piperidine rings is 1. The second-order valence-electron chi connectivity index (χ2n) is 4.86. The van der Waals surface area contributed by atoms with Crippen LogP contribution in [0.3, 0.4) is 0 Å². The van der Waals surface area contributed by atoms with Crippen molar-refractivity contribution >= 4 is 23.5 Å². The van der Waals surface area contributed by atoms with Crippen molar-refractivity contribution in [3.8, 4) is 0 Å². The molecular formula is C15H17ClFNO3. The van der Waals surface area contributed by atoms with Crippen LogP contribution in [0.15, 0.2) is 18.2 Å². The maximum atomic E-state index is 13.9. The number of esters is 1. The van der Waals surface area contributed by atoms with Crippen LogP contribution in [0.25, 0.3) is 0 Å². The predicted octanol–water partition coefficient (Wildman–Crippen LogP) is 3.04. The number of hydrogen-bond donors (Lipinski definition) is 0. The summed E-state index contributed by atoms with van der Waals surface area (Å²) in [5, 5.41) is 0.0492. The molecule has 0 N–H and O–H groups in total. The van der Waals surface area contributed by atoms with Crippen LogP contribution in [-0.2, 0) is 9.53 Å². The van der Waals surface area contributed by atoms with Gasteiger partial charge in [-0.1, -0.05) is 17.7 Å². The number of halogens is 2. The van der Waals surface area contributed by atoms with Crippen LogP contribution in [0.1, 0.15) is 36.5 Å². The summed E-state index contributed by atoms with van der Waals surface area (Å²) in [6, 6.07) is 3.42. The molecule has 4 nitrogen and oxygen atoms in total. The second kappa shape index (κ2) is 6.89. The van der Waals surface area contributed by atoms with Crippen LogP contribution in [0.2, 0.25) is 5.02 Å². The molecule has 1 aliphatic rings. The molecule has 1 unspecified atom stereocenters. The van der Waals surface area contributed by atoms with E-state index in [1.807, 2.05) is 0 Å². The highest BCUT2D eigenvalue weighted by Crippen LogP contribution is 2.25. The number of rotatable bonds is 3. The Kier molecular flexibility index (Phi) is 5.17. The maximum absolute atomic E-state index is 13.9. The van der Waals surface area contributed by atoms with E-state index in [1.54, 1.807) is 6.92 Å². The Morgan fingerprint density at radius 3 is 2.86 bits per heavy atom. The molecule has 114 valence electrons. The average molecular weight is 314 g/mol. The second-order valence-corrected chi connectivity index (χ2v) is 5.27. The SMILES string of the molecule is CCOC(=O)C1CCCCN1C(=O)c1c(F)cccc1Cl. The van der Waals surface area contributed by atoms with Gasteiger partial charge in [-0.05, 0) is 38.3 Å². The lowest BCUT2D eigenvalue weighted by atomic mass is 10.0. The molecule has 0 radical (unpaired) electrons. The standard InChI is InChI=1S/C15H17ClFNO3/c1-2-21-15(20)12-8-3-4-9-18(12)14(19)13-10(16)6-5-7-11(13)17/h5-7,12H,2-4,8-9H2,1H3. The summed E-state index contributed by atoms with van der Waals surface area (Å²) in [5.74, 6) is -1.69. The lowest BCUT2D eigenvalue weighted by Gasteiger charge is -2.34. The molecular weight excluding hydrogens is 297 g/mol. The van der Waals surface area contributed by atoms with E-state index in [0.29, 0.717) is 13.0 Å². The van der Waals surface area contributed by atoms with Crippen LogP contribution in [0, 0.1) is 5.82 Å². The predicted molar refractivity (Wildman–Crippen MR) is 76.7 cm³/mol. The smallest absolute Gasteiger partial charge is 0.328 e. The van der Waals surface area contributed by atoms with Gasteiger partial charge in [-0.15, -0.1) is 0 Å². The Labute approximate surface area is 127 Å². The van der Waals surface area contributed by atoms with Crippen molar-refractivity contribution in [3.63, 3.8) is 0 Å². The van der Waals surface area contributed by atoms with Crippen LogP contribution in [0.5, 0.6) is 0 Å². The van der Waals surface area contributed by atoms with Gasteiger partial charge in [0.1, 0.15) is 11.9 Å². The monoisotopic (exact) mass is 313 g/mol. The Hall–Kier alpha value is -1.62. The van der Waals surface area contributed by atoms with E-state index in [0.717, 1.165) is 12.8 Å². The van der Waals surface area contributed by atoms with Gasteiger partial charge in [0.25, 0.3) is 5.91 Å². The first kappa shape index (κ1) is 15.8. The molecule has 1 aromatic rings. The van der Waals surface area contributed by atoms with Gasteiger partial charge >= 0.3 is 5.97 Å². The van der Waals surface area contributed by atoms with Gasteiger partial charge in [0.05, 0.1) is 17.2 Å². The van der Waals surface area contributed by atoms with Gasteiger partial charge < -0.3 is 9.64 Å². The number of ether oxygens (including phenoxy) is 1. The Morgan fingerprint density at radius 2 is 2.19 bits per heavy atom. The Bertz CT molecular complexity index is 529. The van der Waals surface area contributed by atoms with E-state index < -0.39 is 23.7 Å². The van der Waals surface area contributed by atoms with Gasteiger partial charge in [0.2, 0.25) is 0 Å². The molecule has 0 bridgehead atoms. The summed E-state index contributed by atoms with van der Waals surface area (Å²) >= 11 is 5.93. The molecule has 1 saturated heterocycles. The first-order valence-electron chi connectivity index (χ1n) is 6.98. The molecule has 1 amide bonds. The Morgan fingerprint density at radius 1 is 1.43 bits per heavy atom. The van der Waals surface area contributed by atoms with Crippen molar-refractivity contribution in [1.82, 2.24) is 4.90 Å². The highest BCUT2D eigenvalue weighted by Gasteiger charge is 2.35. The fourth-order valence-electron chi connectivity index (χ4n) is 2.50. The lowest BCUT2D eigenvalue weighted by molar-refractivity contribution is -0.149. The summed E-state index contributed by atoms with van der Waals surface area (Å²) < 4.78 is 18.9. The molecule has 2 rings (SSSR count). The highest BCUT2D eigenvalue weighted by atomic mass is 35.5. The molecule has 1 aliphatic heterocycles. The number of amides is 1. The number of carbonyl (C=O) groups is 2. The lowest BCUT2D eigenvalue weighted by Crippen LogP contribution is -2.49. The van der Waals surface area contributed by atoms with Gasteiger partial charge in [0.15, 0.2) is 0 Å². The number of hydrogen-bond acceptors (Lipinski definition) is 3. The molecule has 6 heteroatoms. The zero-order valence-corrected chi connectivity index (χ0v) is 12.5. The minimum atomic E-state index is -0.680. The molecule has 21 heavy (non-hydrogen) atoms. The summed E-state index contributed by atoms with van der Waals surface area (Å²) in [4.78, 5) is 25.9. The van der Waals surface area contributed by atoms with Crippen molar-refractivity contribution in [2.45, 2.75) is 32.2 Å². The molecule has 1 aromatic carbocycles. The molecule has 0 aliphatic carbocycles. The van der Waals surface area contributed by atoms with Crippen molar-refractivity contribution in [2.24, 2.45) is 0 Å². The third-order valence-corrected chi connectivity index (χ3v) is 3.81. The zero-order chi connectivity index (χ0) is 15.4. The zero-order valence-electron chi connectivity index (χ0n) is 11.8. The highest BCUT2D eigenvalue weighted by molar-refractivity contribution is 6.33. The van der Waals surface area contributed by atoms with E-state index >= 15 is 0 Å². The summed E-state index contributed by atoms with van der Waals surface area (Å²) in [5.41, 5.74) is -0.185. The minimum absolute atomic E-state index is 0.0492. The molecule has 1 heterocycles. The largest absolute Gasteiger partial charge is 0.464 e.